The van der Waals surface area contributed by atoms with Gasteiger partial charge in [-0.05, 0) is 31.5 Å². The standard InChI is InChI=1S/C13H25NO4Si/c1-11(2)12(15)5-7-14-13(16)6-9-18-8-4-10-19(3)17/h17,19H,1,4-10H2,2-3H3,(H,14,16). The molecule has 19 heavy (non-hydrogen) atoms. The first-order chi connectivity index (χ1) is 8.93. The van der Waals surface area contributed by atoms with Gasteiger partial charge in [-0.2, -0.15) is 0 Å². The topological polar surface area (TPSA) is 75.6 Å². The summed E-state index contributed by atoms with van der Waals surface area (Å²) in [5.74, 6) is -0.141. The molecule has 0 aromatic heterocycles. The minimum Gasteiger partial charge on any atom is -0.435 e. The second-order valence-electron chi connectivity index (χ2n) is 4.66. The van der Waals surface area contributed by atoms with Crippen LogP contribution in [0.2, 0.25) is 12.6 Å². The molecule has 0 aliphatic carbocycles. The van der Waals surface area contributed by atoms with Crippen LogP contribution in [0.5, 0.6) is 0 Å². The highest BCUT2D eigenvalue weighted by Gasteiger charge is 2.05. The van der Waals surface area contributed by atoms with Crippen LogP contribution in [0.4, 0.5) is 0 Å². The summed E-state index contributed by atoms with van der Waals surface area (Å²) in [4.78, 5) is 31.8. The first kappa shape index (κ1) is 18.0. The van der Waals surface area contributed by atoms with E-state index in [0.29, 0.717) is 38.2 Å². The van der Waals surface area contributed by atoms with Crippen molar-refractivity contribution >= 4 is 20.7 Å². The van der Waals surface area contributed by atoms with E-state index in [1.165, 1.54) is 0 Å². The first-order valence-corrected chi connectivity index (χ1v) is 9.13. The van der Waals surface area contributed by atoms with Crippen molar-refractivity contribution in [3.8, 4) is 0 Å². The van der Waals surface area contributed by atoms with Crippen LogP contribution < -0.4 is 5.32 Å². The third-order valence-corrected chi connectivity index (χ3v) is 3.78. The molecule has 6 heteroatoms. The van der Waals surface area contributed by atoms with E-state index in [9.17, 15) is 9.59 Å². The van der Waals surface area contributed by atoms with Gasteiger partial charge in [-0.1, -0.05) is 6.58 Å². The van der Waals surface area contributed by atoms with Crippen molar-refractivity contribution in [2.75, 3.05) is 19.8 Å². The molecular weight excluding hydrogens is 262 g/mol. The molecule has 0 aliphatic heterocycles. The highest BCUT2D eigenvalue weighted by molar-refractivity contribution is 6.48. The maximum Gasteiger partial charge on any atom is 0.222 e. The van der Waals surface area contributed by atoms with Gasteiger partial charge in [0.2, 0.25) is 5.91 Å². The number of nitrogens with one attached hydrogen (secondary N) is 1. The summed E-state index contributed by atoms with van der Waals surface area (Å²) >= 11 is 0. The number of ether oxygens (including phenoxy) is 1. The number of Topliss-reactive ketones (excluding diaryl/α,β-unsaturated/α-hetero) is 1. The Balaban J connectivity index is 3.40. The van der Waals surface area contributed by atoms with Gasteiger partial charge in [-0.3, -0.25) is 9.59 Å². The number of allylic oxidation sites excluding steroid dienone is 1. The summed E-state index contributed by atoms with van der Waals surface area (Å²) in [6.07, 6.45) is 1.44. The highest BCUT2D eigenvalue weighted by Crippen LogP contribution is 1.96. The van der Waals surface area contributed by atoms with E-state index in [1.807, 2.05) is 6.55 Å². The van der Waals surface area contributed by atoms with E-state index < -0.39 is 9.04 Å². The molecule has 0 fully saturated rings. The van der Waals surface area contributed by atoms with Crippen LogP contribution in [-0.2, 0) is 14.3 Å². The van der Waals surface area contributed by atoms with Gasteiger partial charge in [0.1, 0.15) is 0 Å². The summed E-state index contributed by atoms with van der Waals surface area (Å²) in [6, 6.07) is 0.842. The number of hydrogen-bond acceptors (Lipinski definition) is 4. The predicted octanol–water partition coefficient (Wildman–Crippen LogP) is 0.781. The van der Waals surface area contributed by atoms with E-state index in [-0.39, 0.29) is 11.7 Å². The lowest BCUT2D eigenvalue weighted by Crippen LogP contribution is -2.27. The lowest BCUT2D eigenvalue weighted by molar-refractivity contribution is -0.122. The lowest BCUT2D eigenvalue weighted by atomic mass is 10.1. The van der Waals surface area contributed by atoms with Crippen molar-refractivity contribution in [3.05, 3.63) is 12.2 Å². The molecule has 2 N–H and O–H groups in total. The Morgan fingerprint density at radius 3 is 2.58 bits per heavy atom. The summed E-state index contributed by atoms with van der Waals surface area (Å²) in [5.41, 5.74) is 0.513. The Labute approximate surface area is 116 Å². The zero-order chi connectivity index (χ0) is 14.7. The van der Waals surface area contributed by atoms with Crippen molar-refractivity contribution in [2.45, 2.75) is 38.8 Å². The number of carbonyl (C=O) groups excluding carboxylic acids is 2. The van der Waals surface area contributed by atoms with Gasteiger partial charge in [-0.15, -0.1) is 0 Å². The number of carbonyl (C=O) groups is 2. The van der Waals surface area contributed by atoms with Crippen molar-refractivity contribution in [3.63, 3.8) is 0 Å². The maximum absolute atomic E-state index is 11.4. The quantitative estimate of drug-likeness (QED) is 0.334. The Morgan fingerprint density at radius 2 is 2.00 bits per heavy atom. The number of hydrogen-bond donors (Lipinski definition) is 2. The van der Waals surface area contributed by atoms with Crippen LogP contribution in [0.25, 0.3) is 0 Å². The molecule has 0 aromatic rings. The minimum absolute atomic E-state index is 0.0289. The molecule has 1 amide bonds. The Hall–Kier alpha value is -0.983. The summed E-state index contributed by atoms with van der Waals surface area (Å²) in [7, 11) is -1.47. The molecule has 0 aliphatic rings. The Bertz CT molecular complexity index is 305. The Kier molecular flexibility index (Phi) is 10.3. The third-order valence-electron chi connectivity index (χ3n) is 2.53. The molecule has 0 heterocycles. The zero-order valence-electron chi connectivity index (χ0n) is 11.9. The molecule has 0 rings (SSSR count). The number of amides is 1. The van der Waals surface area contributed by atoms with Crippen molar-refractivity contribution in [1.82, 2.24) is 5.32 Å². The zero-order valence-corrected chi connectivity index (χ0v) is 13.1. The first-order valence-electron chi connectivity index (χ1n) is 6.64. The molecule has 0 aromatic carbocycles. The van der Waals surface area contributed by atoms with Crippen LogP contribution in [0.1, 0.15) is 26.2 Å². The molecule has 0 radical (unpaired) electrons. The van der Waals surface area contributed by atoms with E-state index in [4.69, 9.17) is 9.53 Å². The van der Waals surface area contributed by atoms with Crippen molar-refractivity contribution < 1.29 is 19.1 Å². The maximum atomic E-state index is 11.4. The number of ketones is 1. The third kappa shape index (κ3) is 11.8. The van der Waals surface area contributed by atoms with E-state index >= 15 is 0 Å². The fourth-order valence-electron chi connectivity index (χ4n) is 1.36. The molecule has 0 saturated carbocycles. The van der Waals surface area contributed by atoms with Crippen LogP contribution in [0.15, 0.2) is 12.2 Å². The van der Waals surface area contributed by atoms with E-state index in [2.05, 4.69) is 11.9 Å². The molecule has 1 unspecified atom stereocenters. The van der Waals surface area contributed by atoms with Gasteiger partial charge in [0.25, 0.3) is 0 Å². The van der Waals surface area contributed by atoms with Gasteiger partial charge < -0.3 is 14.8 Å². The second kappa shape index (κ2) is 10.9. The molecule has 1 atom stereocenters. The van der Waals surface area contributed by atoms with Crippen LogP contribution >= 0.6 is 0 Å². The smallest absolute Gasteiger partial charge is 0.222 e. The molecular formula is C13H25NO4Si. The molecule has 0 bridgehead atoms. The highest BCUT2D eigenvalue weighted by atomic mass is 28.3. The second-order valence-corrected chi connectivity index (χ2v) is 6.93. The van der Waals surface area contributed by atoms with E-state index in [1.54, 1.807) is 6.92 Å². The monoisotopic (exact) mass is 287 g/mol. The fraction of sp³-hybridized carbons (Fsp3) is 0.692. The molecule has 5 nitrogen and oxygen atoms in total. The normalized spacial score (nSPS) is 11.9. The largest absolute Gasteiger partial charge is 0.435 e. The summed E-state index contributed by atoms with van der Waals surface area (Å²) < 4.78 is 5.29. The van der Waals surface area contributed by atoms with Crippen molar-refractivity contribution in [1.29, 1.82) is 0 Å². The minimum atomic E-state index is -1.47. The summed E-state index contributed by atoms with van der Waals surface area (Å²) in [6.45, 7) is 8.39. The van der Waals surface area contributed by atoms with Gasteiger partial charge in [-0.25, -0.2) is 0 Å². The van der Waals surface area contributed by atoms with Gasteiger partial charge in [0, 0.05) is 26.0 Å². The predicted molar refractivity (Wildman–Crippen MR) is 77.5 cm³/mol. The molecule has 0 spiro atoms. The van der Waals surface area contributed by atoms with Gasteiger partial charge >= 0.3 is 0 Å². The van der Waals surface area contributed by atoms with Crippen LogP contribution in [-0.4, -0.2) is 45.3 Å². The average molecular weight is 287 g/mol. The van der Waals surface area contributed by atoms with Crippen LogP contribution in [0.3, 0.4) is 0 Å². The SMILES string of the molecule is C=C(C)C(=O)CCNC(=O)CCOCCC[SiH](C)O. The average Bonchev–Trinajstić information content (AvgIpc) is 2.32. The van der Waals surface area contributed by atoms with E-state index in [0.717, 1.165) is 12.5 Å². The van der Waals surface area contributed by atoms with Crippen molar-refractivity contribution in [2.24, 2.45) is 0 Å². The number of rotatable bonds is 11. The van der Waals surface area contributed by atoms with Crippen LogP contribution in [0, 0.1) is 0 Å². The molecule has 110 valence electrons. The fourth-order valence-corrected chi connectivity index (χ4v) is 2.12. The molecule has 0 saturated heterocycles. The van der Waals surface area contributed by atoms with Gasteiger partial charge in [0.15, 0.2) is 14.8 Å². The lowest BCUT2D eigenvalue weighted by Gasteiger charge is -2.06. The Morgan fingerprint density at radius 1 is 1.32 bits per heavy atom. The van der Waals surface area contributed by atoms with Gasteiger partial charge in [0.05, 0.1) is 6.61 Å². The summed E-state index contributed by atoms with van der Waals surface area (Å²) in [5, 5.41) is 2.66.